The Morgan fingerprint density at radius 2 is 2.40 bits per heavy atom. The van der Waals surface area contributed by atoms with Crippen molar-refractivity contribution < 1.29 is 0 Å². The van der Waals surface area contributed by atoms with Crippen LogP contribution in [-0.2, 0) is 0 Å². The molecule has 0 fully saturated rings. The van der Waals surface area contributed by atoms with Gasteiger partial charge in [-0.1, -0.05) is 12.7 Å². The van der Waals surface area contributed by atoms with Gasteiger partial charge in [-0.05, 0) is 24.1 Å². The van der Waals surface area contributed by atoms with Crippen LogP contribution in [0.1, 0.15) is 11.1 Å². The molecule has 1 aromatic heterocycles. The Bertz CT molecular complexity index is 253. The van der Waals surface area contributed by atoms with Crippen molar-refractivity contribution in [3.05, 3.63) is 30.0 Å². The van der Waals surface area contributed by atoms with Gasteiger partial charge in [0, 0.05) is 6.20 Å². The molecule has 0 radical (unpaired) electrons. The lowest BCUT2D eigenvalue weighted by molar-refractivity contribution is 1.28. The van der Waals surface area contributed by atoms with E-state index < -0.39 is 0 Å². The molecule has 10 heavy (non-hydrogen) atoms. The Balaban J connectivity index is 3.19. The number of hydrogen-bond acceptors (Lipinski definition) is 2. The van der Waals surface area contributed by atoms with Crippen LogP contribution in [0.3, 0.4) is 0 Å². The third-order valence-electron chi connectivity index (χ3n) is 1.39. The maximum Gasteiger partial charge on any atom is 0.123 e. The lowest BCUT2D eigenvalue weighted by atomic mass is 10.1. The van der Waals surface area contributed by atoms with Crippen molar-refractivity contribution in [2.45, 2.75) is 6.92 Å². The van der Waals surface area contributed by atoms with Crippen molar-refractivity contribution >= 4 is 11.9 Å². The van der Waals surface area contributed by atoms with Crippen LogP contribution in [0.5, 0.6) is 0 Å². The number of nitrogens with zero attached hydrogens (tertiary/aromatic N) is 1. The fourth-order valence-electron chi connectivity index (χ4n) is 0.802. The average Bonchev–Trinajstić information content (AvgIpc) is 1.88. The Morgan fingerprint density at radius 3 is 2.90 bits per heavy atom. The first-order valence-electron chi connectivity index (χ1n) is 3.08. The maximum absolute atomic E-state index is 5.44. The van der Waals surface area contributed by atoms with Gasteiger partial charge >= 0.3 is 0 Å². The number of pyridine rings is 1. The topological polar surface area (TPSA) is 38.9 Å². The summed E-state index contributed by atoms with van der Waals surface area (Å²) in [6.45, 7) is 5.62. The first kappa shape index (κ1) is 6.81. The first-order chi connectivity index (χ1) is 4.74. The molecule has 0 amide bonds. The molecule has 0 unspecified atom stereocenters. The molecule has 1 aromatic rings. The molecule has 0 bridgehead atoms. The third-order valence-corrected chi connectivity index (χ3v) is 1.39. The van der Waals surface area contributed by atoms with Crippen molar-refractivity contribution in [1.29, 1.82) is 0 Å². The molecule has 0 aliphatic carbocycles. The van der Waals surface area contributed by atoms with Gasteiger partial charge in [-0.2, -0.15) is 0 Å². The zero-order valence-corrected chi connectivity index (χ0v) is 5.96. The van der Waals surface area contributed by atoms with Crippen LogP contribution in [0, 0.1) is 6.92 Å². The molecule has 0 aliphatic rings. The number of nitrogen functional groups attached to an aromatic ring is 1. The van der Waals surface area contributed by atoms with Gasteiger partial charge in [-0.25, -0.2) is 4.98 Å². The molecule has 1 rings (SSSR count). The van der Waals surface area contributed by atoms with Gasteiger partial charge in [0.2, 0.25) is 0 Å². The van der Waals surface area contributed by atoms with Crippen molar-refractivity contribution in [3.8, 4) is 0 Å². The summed E-state index contributed by atoms with van der Waals surface area (Å²) in [4.78, 5) is 3.92. The van der Waals surface area contributed by atoms with Crippen LogP contribution in [0.2, 0.25) is 0 Å². The summed E-state index contributed by atoms with van der Waals surface area (Å²) in [5.41, 5.74) is 7.59. The highest BCUT2D eigenvalue weighted by Gasteiger charge is 1.92. The van der Waals surface area contributed by atoms with Crippen molar-refractivity contribution in [1.82, 2.24) is 4.98 Å². The van der Waals surface area contributed by atoms with Gasteiger partial charge < -0.3 is 5.73 Å². The predicted molar refractivity (Wildman–Crippen MR) is 43.5 cm³/mol. The van der Waals surface area contributed by atoms with Crippen LogP contribution in [0.15, 0.2) is 18.8 Å². The Kier molecular flexibility index (Phi) is 1.71. The van der Waals surface area contributed by atoms with Crippen LogP contribution in [0.4, 0.5) is 5.82 Å². The highest BCUT2D eigenvalue weighted by Crippen LogP contribution is 2.09. The number of aromatic nitrogens is 1. The standard InChI is InChI=1S/C8H10N2/c1-3-7-5-10-8(9)4-6(7)2/h3-5H,1H2,2H3,(H2,9,10). The quantitative estimate of drug-likeness (QED) is 0.633. The maximum atomic E-state index is 5.44. The second-order valence-corrected chi connectivity index (χ2v) is 2.17. The van der Waals surface area contributed by atoms with E-state index in [0.717, 1.165) is 11.1 Å². The molecule has 0 saturated carbocycles. The average molecular weight is 134 g/mol. The number of rotatable bonds is 1. The lowest BCUT2D eigenvalue weighted by Crippen LogP contribution is -1.91. The number of nitrogens with two attached hydrogens (primary N) is 1. The summed E-state index contributed by atoms with van der Waals surface area (Å²) in [5.74, 6) is 0.558. The molecule has 2 heteroatoms. The zero-order chi connectivity index (χ0) is 7.56. The number of aryl methyl sites for hydroxylation is 1. The van der Waals surface area contributed by atoms with Crippen LogP contribution < -0.4 is 5.73 Å². The molecule has 2 nitrogen and oxygen atoms in total. The van der Waals surface area contributed by atoms with Gasteiger partial charge in [0.25, 0.3) is 0 Å². The second-order valence-electron chi connectivity index (χ2n) is 2.17. The molecule has 2 N–H and O–H groups in total. The minimum absolute atomic E-state index is 0.558. The van der Waals surface area contributed by atoms with Gasteiger partial charge in [-0.3, -0.25) is 0 Å². The molecule has 0 aromatic carbocycles. The van der Waals surface area contributed by atoms with Gasteiger partial charge in [-0.15, -0.1) is 0 Å². The van der Waals surface area contributed by atoms with Crippen LogP contribution in [0.25, 0.3) is 6.08 Å². The van der Waals surface area contributed by atoms with E-state index in [9.17, 15) is 0 Å². The summed E-state index contributed by atoms with van der Waals surface area (Å²) >= 11 is 0. The van der Waals surface area contributed by atoms with E-state index in [4.69, 9.17) is 5.73 Å². The SMILES string of the molecule is C=Cc1cnc(N)cc1C. The Hall–Kier alpha value is -1.31. The normalized spacial score (nSPS) is 9.30. The number of anilines is 1. The van der Waals surface area contributed by atoms with Crippen LogP contribution in [-0.4, -0.2) is 4.98 Å². The van der Waals surface area contributed by atoms with Crippen molar-refractivity contribution in [2.75, 3.05) is 5.73 Å². The Morgan fingerprint density at radius 1 is 1.70 bits per heavy atom. The van der Waals surface area contributed by atoms with Crippen molar-refractivity contribution in [3.63, 3.8) is 0 Å². The summed E-state index contributed by atoms with van der Waals surface area (Å²) < 4.78 is 0. The minimum atomic E-state index is 0.558. The smallest absolute Gasteiger partial charge is 0.123 e. The molecule has 0 atom stereocenters. The third kappa shape index (κ3) is 1.16. The van der Waals surface area contributed by atoms with Gasteiger partial charge in [0.05, 0.1) is 0 Å². The van der Waals surface area contributed by atoms with E-state index in [1.165, 1.54) is 0 Å². The molecular weight excluding hydrogens is 124 g/mol. The van der Waals surface area contributed by atoms with E-state index in [2.05, 4.69) is 11.6 Å². The van der Waals surface area contributed by atoms with E-state index in [1.54, 1.807) is 12.3 Å². The Labute approximate surface area is 60.4 Å². The van der Waals surface area contributed by atoms with Crippen LogP contribution >= 0.6 is 0 Å². The summed E-state index contributed by atoms with van der Waals surface area (Å²) in [6.07, 6.45) is 3.49. The molecule has 0 saturated heterocycles. The van der Waals surface area contributed by atoms with Gasteiger partial charge in [0.15, 0.2) is 0 Å². The highest BCUT2D eigenvalue weighted by molar-refractivity contribution is 5.52. The summed E-state index contributed by atoms with van der Waals surface area (Å²) in [5, 5.41) is 0. The molecule has 1 heterocycles. The fourth-order valence-corrected chi connectivity index (χ4v) is 0.802. The molecule has 0 spiro atoms. The highest BCUT2D eigenvalue weighted by atomic mass is 14.8. The zero-order valence-electron chi connectivity index (χ0n) is 5.96. The molecule has 52 valence electrons. The first-order valence-corrected chi connectivity index (χ1v) is 3.08. The van der Waals surface area contributed by atoms with E-state index in [-0.39, 0.29) is 0 Å². The van der Waals surface area contributed by atoms with Crippen molar-refractivity contribution in [2.24, 2.45) is 0 Å². The van der Waals surface area contributed by atoms with E-state index >= 15 is 0 Å². The fraction of sp³-hybridized carbons (Fsp3) is 0.125. The largest absolute Gasteiger partial charge is 0.384 e. The second kappa shape index (κ2) is 2.52. The van der Waals surface area contributed by atoms with E-state index in [0.29, 0.717) is 5.82 Å². The minimum Gasteiger partial charge on any atom is -0.384 e. The predicted octanol–water partition coefficient (Wildman–Crippen LogP) is 1.62. The van der Waals surface area contributed by atoms with Gasteiger partial charge in [0.1, 0.15) is 5.82 Å². The molecular formula is C8H10N2. The monoisotopic (exact) mass is 134 g/mol. The van der Waals surface area contributed by atoms with E-state index in [1.807, 2.05) is 13.0 Å². The summed E-state index contributed by atoms with van der Waals surface area (Å²) in [7, 11) is 0. The summed E-state index contributed by atoms with van der Waals surface area (Å²) in [6, 6.07) is 1.83. The lowest BCUT2D eigenvalue weighted by Gasteiger charge is -1.98. The number of hydrogen-bond donors (Lipinski definition) is 1. The molecule has 0 aliphatic heterocycles.